The Labute approximate surface area is 141 Å². The molecule has 20 heavy (non-hydrogen) atoms. The van der Waals surface area contributed by atoms with Crippen molar-refractivity contribution in [1.82, 2.24) is 5.32 Å². The van der Waals surface area contributed by atoms with E-state index in [1.807, 2.05) is 0 Å². The van der Waals surface area contributed by atoms with Crippen molar-refractivity contribution in [1.29, 1.82) is 0 Å². The molecule has 0 bridgehead atoms. The fourth-order valence-corrected chi connectivity index (χ4v) is 0.989. The first-order chi connectivity index (χ1) is 8.97. The van der Waals surface area contributed by atoms with Crippen molar-refractivity contribution in [3.05, 3.63) is 0 Å². The molecule has 0 saturated carbocycles. The van der Waals surface area contributed by atoms with Gasteiger partial charge in [0, 0.05) is 33.6 Å². The van der Waals surface area contributed by atoms with Gasteiger partial charge in [0.15, 0.2) is 5.78 Å². The van der Waals surface area contributed by atoms with E-state index in [0.29, 0.717) is 25.8 Å². The Hall–Kier alpha value is -0.470. The Kier molecular flexibility index (Phi) is 22.7. The molecule has 0 unspecified atom stereocenters. The maximum Gasteiger partial charge on any atom is 1.00 e. The van der Waals surface area contributed by atoms with Crippen molar-refractivity contribution in [2.45, 2.75) is 26.2 Å². The number of methoxy groups -OCH3 is 2. The van der Waals surface area contributed by atoms with Crippen LogP contribution in [0, 0.1) is 0 Å². The third-order valence-corrected chi connectivity index (χ3v) is 1.84. The summed E-state index contributed by atoms with van der Waals surface area (Å²) in [7, 11) is 2.80. The number of hydrogen-bond acceptors (Lipinski definition) is 6. The maximum atomic E-state index is 10.9. The number of ketones is 1. The Morgan fingerprint density at radius 2 is 1.65 bits per heavy atom. The fraction of sp³-hybridized carbons (Fsp3) is 0.750. The molecule has 8 heteroatoms. The van der Waals surface area contributed by atoms with Crippen LogP contribution in [-0.2, 0) is 23.9 Å². The van der Waals surface area contributed by atoms with Crippen molar-refractivity contribution < 1.29 is 58.5 Å². The van der Waals surface area contributed by atoms with Crippen molar-refractivity contribution in [2.75, 3.05) is 34.0 Å². The van der Waals surface area contributed by atoms with Crippen LogP contribution in [-0.4, -0.2) is 51.6 Å². The van der Waals surface area contributed by atoms with Gasteiger partial charge in [-0.25, -0.2) is 0 Å². The number of carbonyl (C=O) groups is 3. The second kappa shape index (κ2) is 18.5. The van der Waals surface area contributed by atoms with Gasteiger partial charge in [0.1, 0.15) is 6.61 Å². The summed E-state index contributed by atoms with van der Waals surface area (Å²) in [6.45, 7) is 2.22. The van der Waals surface area contributed by atoms with Gasteiger partial charge in [-0.2, -0.15) is 0 Å². The molecule has 0 aromatic rings. The molecule has 0 fully saturated rings. The van der Waals surface area contributed by atoms with E-state index < -0.39 is 5.97 Å². The number of amides is 1. The van der Waals surface area contributed by atoms with Crippen LogP contribution in [0.4, 0.5) is 0 Å². The van der Waals surface area contributed by atoms with Gasteiger partial charge >= 0.3 is 29.6 Å². The van der Waals surface area contributed by atoms with Crippen LogP contribution in [0.2, 0.25) is 0 Å². The van der Waals surface area contributed by atoms with E-state index in [4.69, 9.17) is 0 Å². The van der Waals surface area contributed by atoms with Crippen LogP contribution in [0.1, 0.15) is 26.2 Å². The first kappa shape index (κ1) is 24.5. The van der Waals surface area contributed by atoms with Crippen molar-refractivity contribution in [3.63, 3.8) is 0 Å². The minimum Gasteiger partial charge on any atom is -0.548 e. The van der Waals surface area contributed by atoms with Crippen LogP contribution < -0.4 is 40.0 Å². The Balaban J connectivity index is -0.000000352. The van der Waals surface area contributed by atoms with Crippen LogP contribution in [0.3, 0.4) is 0 Å². The second-order valence-corrected chi connectivity index (χ2v) is 3.58. The Morgan fingerprint density at radius 1 is 1.10 bits per heavy atom. The number of ether oxygens (including phenoxy) is 2. The van der Waals surface area contributed by atoms with Crippen LogP contribution >= 0.6 is 0 Å². The minimum absolute atomic E-state index is 0. The third kappa shape index (κ3) is 22.7. The fourth-order valence-electron chi connectivity index (χ4n) is 0.989. The summed E-state index contributed by atoms with van der Waals surface area (Å²) in [4.78, 5) is 31.0. The summed E-state index contributed by atoms with van der Waals surface area (Å²) in [5, 5.41) is 12.1. The van der Waals surface area contributed by atoms with Crippen molar-refractivity contribution in [3.8, 4) is 0 Å². The van der Waals surface area contributed by atoms with E-state index >= 15 is 0 Å². The topological polar surface area (TPSA) is 105 Å². The second-order valence-electron chi connectivity index (χ2n) is 3.58. The zero-order valence-corrected chi connectivity index (χ0v) is 14.7. The predicted octanol–water partition coefficient (Wildman–Crippen LogP) is -4.10. The van der Waals surface area contributed by atoms with E-state index in [9.17, 15) is 19.5 Å². The SMILES string of the molecule is CCC(=O)NCCCC(=O)COC.COCC(=O)[O-].[Na+]. The van der Waals surface area contributed by atoms with Gasteiger partial charge < -0.3 is 24.7 Å². The molecule has 0 radical (unpaired) electrons. The summed E-state index contributed by atoms with van der Waals surface area (Å²) in [6.07, 6.45) is 1.65. The minimum atomic E-state index is -1.18. The number of carbonyl (C=O) groups excluding carboxylic acids is 3. The number of carboxylic acid groups (broad SMARTS) is 1. The molecule has 0 aromatic carbocycles. The smallest absolute Gasteiger partial charge is 0.548 e. The molecule has 0 aliphatic carbocycles. The van der Waals surface area contributed by atoms with E-state index in [0.717, 1.165) is 0 Å². The number of nitrogens with one attached hydrogen (secondary N) is 1. The number of hydrogen-bond donors (Lipinski definition) is 1. The van der Waals surface area contributed by atoms with Gasteiger partial charge in [0.25, 0.3) is 0 Å². The summed E-state index contributed by atoms with van der Waals surface area (Å²) in [5.41, 5.74) is 0. The first-order valence-corrected chi connectivity index (χ1v) is 5.94. The van der Waals surface area contributed by atoms with Crippen LogP contribution in [0.5, 0.6) is 0 Å². The number of Topliss-reactive ketones (excluding diaryl/α,β-unsaturated/α-hetero) is 1. The molecular weight excluding hydrogens is 277 g/mol. The molecule has 0 atom stereocenters. The molecular formula is C12H22NNaO6. The van der Waals surface area contributed by atoms with E-state index in [1.165, 1.54) is 14.2 Å². The van der Waals surface area contributed by atoms with Crippen molar-refractivity contribution in [2.24, 2.45) is 0 Å². The van der Waals surface area contributed by atoms with Gasteiger partial charge in [-0.1, -0.05) is 6.92 Å². The molecule has 0 spiro atoms. The van der Waals surface area contributed by atoms with Gasteiger partial charge in [-0.3, -0.25) is 9.59 Å². The van der Waals surface area contributed by atoms with E-state index in [1.54, 1.807) is 6.92 Å². The zero-order chi connectivity index (χ0) is 15.1. The average Bonchev–Trinajstić information content (AvgIpc) is 2.35. The van der Waals surface area contributed by atoms with Crippen LogP contribution in [0.15, 0.2) is 0 Å². The molecule has 1 N–H and O–H groups in total. The summed E-state index contributed by atoms with van der Waals surface area (Å²) in [5.74, 6) is -1.08. The third-order valence-electron chi connectivity index (χ3n) is 1.84. The Morgan fingerprint density at radius 3 is 2.00 bits per heavy atom. The maximum absolute atomic E-state index is 10.9. The standard InChI is InChI=1S/C9H17NO3.C3H6O3.Na/c1-3-9(12)10-6-4-5-8(11)7-13-2;1-6-2-3(4)5;/h3-7H2,1-2H3,(H,10,12);2H2,1H3,(H,4,5);/q;;+1/p-1. The average molecular weight is 299 g/mol. The monoisotopic (exact) mass is 299 g/mol. The Bertz CT molecular complexity index is 273. The summed E-state index contributed by atoms with van der Waals surface area (Å²) >= 11 is 0. The molecule has 0 saturated heterocycles. The van der Waals surface area contributed by atoms with Crippen molar-refractivity contribution >= 4 is 17.7 Å². The molecule has 0 aliphatic rings. The molecule has 0 heterocycles. The number of carboxylic acids is 1. The number of rotatable bonds is 9. The van der Waals surface area contributed by atoms with E-state index in [-0.39, 0.29) is 54.5 Å². The summed E-state index contributed by atoms with van der Waals surface area (Å²) in [6, 6.07) is 0. The normalized spacial score (nSPS) is 8.75. The van der Waals surface area contributed by atoms with Gasteiger partial charge in [0.05, 0.1) is 12.6 Å². The molecule has 0 rings (SSSR count). The van der Waals surface area contributed by atoms with Crippen LogP contribution in [0.25, 0.3) is 0 Å². The van der Waals surface area contributed by atoms with Gasteiger partial charge in [0.2, 0.25) is 5.91 Å². The molecule has 7 nitrogen and oxygen atoms in total. The largest absolute Gasteiger partial charge is 1.00 e. The molecule has 0 aromatic heterocycles. The van der Waals surface area contributed by atoms with Gasteiger partial charge in [-0.15, -0.1) is 0 Å². The summed E-state index contributed by atoms with van der Waals surface area (Å²) < 4.78 is 8.81. The zero-order valence-electron chi connectivity index (χ0n) is 12.7. The molecule has 0 aliphatic heterocycles. The van der Waals surface area contributed by atoms with E-state index in [2.05, 4.69) is 14.8 Å². The molecule has 1 amide bonds. The predicted molar refractivity (Wildman–Crippen MR) is 66.3 cm³/mol. The van der Waals surface area contributed by atoms with Gasteiger partial charge in [-0.05, 0) is 6.42 Å². The molecule has 112 valence electrons. The first-order valence-electron chi connectivity index (χ1n) is 5.94. The number of aliphatic carboxylic acids is 1. The quantitative estimate of drug-likeness (QED) is 0.343.